The molecule has 0 atom stereocenters. The van der Waals surface area contributed by atoms with Gasteiger partial charge in [0.05, 0.1) is 13.2 Å². The summed E-state index contributed by atoms with van der Waals surface area (Å²) in [6, 6.07) is 14.4. The van der Waals surface area contributed by atoms with Crippen LogP contribution in [0.4, 0.5) is 0 Å². The molecule has 27 heavy (non-hydrogen) atoms. The highest BCUT2D eigenvalue weighted by atomic mass is 16.5. The number of aryl methyl sites for hydroxylation is 3. The first-order valence-corrected chi connectivity index (χ1v) is 9.77. The van der Waals surface area contributed by atoms with Crippen LogP contribution in [0, 0.1) is 0 Å². The number of para-hydroxylation sites is 1. The highest BCUT2D eigenvalue weighted by Crippen LogP contribution is 2.27. The zero-order chi connectivity index (χ0) is 18.6. The minimum Gasteiger partial charge on any atom is -0.494 e. The molecule has 0 fully saturated rings. The van der Waals surface area contributed by atoms with Gasteiger partial charge in [-0.1, -0.05) is 24.3 Å². The highest BCUT2D eigenvalue weighted by molar-refractivity contribution is 5.98. The lowest BCUT2D eigenvalue weighted by Crippen LogP contribution is -2.09. The third kappa shape index (κ3) is 3.70. The smallest absolute Gasteiger partial charge is 0.355 e. The molecule has 0 saturated carbocycles. The van der Waals surface area contributed by atoms with Gasteiger partial charge < -0.3 is 14.5 Å². The Morgan fingerprint density at radius 3 is 2.85 bits per heavy atom. The highest BCUT2D eigenvalue weighted by Gasteiger charge is 2.18. The summed E-state index contributed by atoms with van der Waals surface area (Å²) in [6.45, 7) is 2.82. The Hall–Kier alpha value is -2.75. The van der Waals surface area contributed by atoms with E-state index in [9.17, 15) is 4.79 Å². The molecule has 1 aliphatic carbocycles. The van der Waals surface area contributed by atoms with Crippen molar-refractivity contribution in [3.05, 3.63) is 64.8 Å². The number of ether oxygens (including phenoxy) is 2. The van der Waals surface area contributed by atoms with Crippen LogP contribution in [0.3, 0.4) is 0 Å². The number of carbonyl (C=O) groups excluding carboxylic acids is 1. The first-order valence-electron chi connectivity index (χ1n) is 9.77. The summed E-state index contributed by atoms with van der Waals surface area (Å²) in [6.07, 6.45) is 5.20. The van der Waals surface area contributed by atoms with Crippen molar-refractivity contribution < 1.29 is 14.3 Å². The number of aromatic amines is 1. The summed E-state index contributed by atoms with van der Waals surface area (Å²) >= 11 is 0. The van der Waals surface area contributed by atoms with Crippen LogP contribution >= 0.6 is 0 Å². The van der Waals surface area contributed by atoms with E-state index >= 15 is 0 Å². The molecule has 1 aromatic heterocycles. The lowest BCUT2D eigenvalue weighted by molar-refractivity contribution is 0.0519. The number of esters is 1. The third-order valence-corrected chi connectivity index (χ3v) is 5.20. The van der Waals surface area contributed by atoms with Gasteiger partial charge >= 0.3 is 5.97 Å². The van der Waals surface area contributed by atoms with Gasteiger partial charge in [0.2, 0.25) is 0 Å². The quantitative estimate of drug-likeness (QED) is 0.482. The fourth-order valence-corrected chi connectivity index (χ4v) is 3.91. The maximum Gasteiger partial charge on any atom is 0.355 e. The second-order valence-electron chi connectivity index (χ2n) is 6.98. The number of rotatable bonds is 7. The molecule has 0 aliphatic heterocycles. The fourth-order valence-electron chi connectivity index (χ4n) is 3.91. The summed E-state index contributed by atoms with van der Waals surface area (Å²) in [5, 5.41) is 1.08. The van der Waals surface area contributed by atoms with E-state index in [1.165, 1.54) is 24.0 Å². The molecule has 1 N–H and O–H groups in total. The molecule has 0 bridgehead atoms. The molecule has 1 heterocycles. The normalized spacial score (nSPS) is 12.9. The van der Waals surface area contributed by atoms with E-state index in [2.05, 4.69) is 23.2 Å². The topological polar surface area (TPSA) is 51.3 Å². The van der Waals surface area contributed by atoms with E-state index in [0.29, 0.717) is 18.9 Å². The van der Waals surface area contributed by atoms with E-state index in [-0.39, 0.29) is 5.97 Å². The van der Waals surface area contributed by atoms with Crippen molar-refractivity contribution in [2.75, 3.05) is 13.2 Å². The summed E-state index contributed by atoms with van der Waals surface area (Å²) < 4.78 is 11.2. The lowest BCUT2D eigenvalue weighted by Gasteiger charge is -2.09. The second kappa shape index (κ2) is 7.87. The molecule has 0 amide bonds. The zero-order valence-corrected chi connectivity index (χ0v) is 15.7. The average molecular weight is 363 g/mol. The van der Waals surface area contributed by atoms with Crippen LogP contribution in [0.25, 0.3) is 10.9 Å². The van der Waals surface area contributed by atoms with Crippen molar-refractivity contribution in [1.29, 1.82) is 0 Å². The van der Waals surface area contributed by atoms with E-state index in [1.807, 2.05) is 31.2 Å². The van der Waals surface area contributed by atoms with Gasteiger partial charge in [0.25, 0.3) is 0 Å². The Bertz CT molecular complexity index is 957. The molecular formula is C23H25NO3. The number of hydrogen-bond donors (Lipinski definition) is 1. The van der Waals surface area contributed by atoms with Crippen molar-refractivity contribution in [2.24, 2.45) is 0 Å². The van der Waals surface area contributed by atoms with Crippen LogP contribution in [0.5, 0.6) is 5.75 Å². The molecule has 4 heteroatoms. The number of hydrogen-bond acceptors (Lipinski definition) is 3. The number of H-pyrrole nitrogens is 1. The fraction of sp³-hybridized carbons (Fsp3) is 0.348. The van der Waals surface area contributed by atoms with E-state index in [4.69, 9.17) is 9.47 Å². The molecule has 0 unspecified atom stereocenters. The van der Waals surface area contributed by atoms with Crippen molar-refractivity contribution in [1.82, 2.24) is 4.98 Å². The maximum absolute atomic E-state index is 12.3. The maximum atomic E-state index is 12.3. The Labute approximate surface area is 159 Å². The zero-order valence-electron chi connectivity index (χ0n) is 15.7. The molecule has 0 radical (unpaired) electrons. The summed E-state index contributed by atoms with van der Waals surface area (Å²) in [7, 11) is 0. The first kappa shape index (κ1) is 17.7. The molecule has 1 aliphatic rings. The Balaban J connectivity index is 1.43. The summed E-state index contributed by atoms with van der Waals surface area (Å²) in [4.78, 5) is 15.5. The van der Waals surface area contributed by atoms with Crippen molar-refractivity contribution in [3.8, 4) is 5.75 Å². The van der Waals surface area contributed by atoms with Gasteiger partial charge in [0.1, 0.15) is 11.4 Å². The molecule has 3 aromatic rings. The van der Waals surface area contributed by atoms with Crippen LogP contribution in [0.15, 0.2) is 42.5 Å². The molecule has 0 spiro atoms. The number of nitrogens with one attached hydrogen (secondary N) is 1. The first-order chi connectivity index (χ1) is 13.3. The van der Waals surface area contributed by atoms with Gasteiger partial charge in [-0.15, -0.1) is 0 Å². The van der Waals surface area contributed by atoms with Crippen LogP contribution in [-0.2, 0) is 24.0 Å². The summed E-state index contributed by atoms with van der Waals surface area (Å²) in [5.74, 6) is 0.656. The van der Waals surface area contributed by atoms with Crippen LogP contribution in [-0.4, -0.2) is 24.2 Å². The Morgan fingerprint density at radius 1 is 1.11 bits per heavy atom. The summed E-state index contributed by atoms with van der Waals surface area (Å²) in [5.41, 5.74) is 5.43. The number of aromatic nitrogens is 1. The van der Waals surface area contributed by atoms with Gasteiger partial charge in [0, 0.05) is 10.9 Å². The number of benzene rings is 2. The van der Waals surface area contributed by atoms with Crippen LogP contribution in [0.1, 0.15) is 46.9 Å². The van der Waals surface area contributed by atoms with Gasteiger partial charge in [0.15, 0.2) is 0 Å². The molecular weight excluding hydrogens is 338 g/mol. The Morgan fingerprint density at radius 2 is 1.96 bits per heavy atom. The molecule has 2 aromatic carbocycles. The van der Waals surface area contributed by atoms with Gasteiger partial charge in [-0.05, 0) is 73.9 Å². The monoisotopic (exact) mass is 363 g/mol. The number of fused-ring (bicyclic) bond motifs is 2. The van der Waals surface area contributed by atoms with E-state index < -0.39 is 0 Å². The van der Waals surface area contributed by atoms with Crippen molar-refractivity contribution in [2.45, 2.75) is 39.0 Å². The minimum absolute atomic E-state index is 0.289. The van der Waals surface area contributed by atoms with Crippen LogP contribution in [0.2, 0.25) is 0 Å². The predicted octanol–water partition coefficient (Wildman–Crippen LogP) is 4.84. The average Bonchev–Trinajstić information content (AvgIpc) is 3.29. The van der Waals surface area contributed by atoms with E-state index in [1.54, 1.807) is 0 Å². The predicted molar refractivity (Wildman–Crippen MR) is 107 cm³/mol. The molecule has 0 saturated heterocycles. The standard InChI is InChI=1S/C23H25NO3/c1-2-26-23(25)22-20(19-9-3-4-11-21(19)24-22)10-6-14-27-18-13-12-16-7-5-8-17(16)15-18/h3-4,9,11-13,15,24H,2,5-8,10,14H2,1H3. The molecule has 140 valence electrons. The third-order valence-electron chi connectivity index (χ3n) is 5.20. The molecule has 4 rings (SSSR count). The van der Waals surface area contributed by atoms with Crippen LogP contribution < -0.4 is 4.74 Å². The van der Waals surface area contributed by atoms with Crippen molar-refractivity contribution in [3.63, 3.8) is 0 Å². The largest absolute Gasteiger partial charge is 0.494 e. The second-order valence-corrected chi connectivity index (χ2v) is 6.98. The van der Waals surface area contributed by atoms with Crippen molar-refractivity contribution >= 4 is 16.9 Å². The lowest BCUT2D eigenvalue weighted by atomic mass is 10.1. The van der Waals surface area contributed by atoms with Gasteiger partial charge in [-0.25, -0.2) is 4.79 Å². The van der Waals surface area contributed by atoms with Gasteiger partial charge in [-0.3, -0.25) is 0 Å². The molecule has 4 nitrogen and oxygen atoms in total. The minimum atomic E-state index is -0.289. The number of carbonyl (C=O) groups is 1. The Kier molecular flexibility index (Phi) is 5.14. The van der Waals surface area contributed by atoms with E-state index in [0.717, 1.165) is 41.5 Å². The van der Waals surface area contributed by atoms with Gasteiger partial charge in [-0.2, -0.15) is 0 Å². The SMILES string of the molecule is CCOC(=O)c1[nH]c2ccccc2c1CCCOc1ccc2c(c1)CCC2.